The summed E-state index contributed by atoms with van der Waals surface area (Å²) < 4.78 is 88.5. The van der Waals surface area contributed by atoms with Gasteiger partial charge in [-0.25, -0.2) is 4.98 Å². The van der Waals surface area contributed by atoms with Crippen LogP contribution in [0.1, 0.15) is 15.9 Å². The molecule has 34 heavy (non-hydrogen) atoms. The molecule has 2 aromatic rings. The van der Waals surface area contributed by atoms with E-state index in [1.165, 1.54) is 38.2 Å². The van der Waals surface area contributed by atoms with Crippen molar-refractivity contribution >= 4 is 23.4 Å². The molecule has 0 saturated carbocycles. The van der Waals surface area contributed by atoms with Gasteiger partial charge in [-0.05, 0) is 18.2 Å². The highest BCUT2D eigenvalue weighted by Gasteiger charge is 2.37. The minimum atomic E-state index is -5.09. The van der Waals surface area contributed by atoms with Gasteiger partial charge in [0.05, 0.1) is 18.9 Å². The first-order valence-corrected chi connectivity index (χ1v) is 9.90. The zero-order valence-electron chi connectivity index (χ0n) is 18.4. The zero-order valence-corrected chi connectivity index (χ0v) is 18.4. The molecule has 1 aromatic heterocycles. The molecule has 8 nitrogen and oxygen atoms in total. The van der Waals surface area contributed by atoms with Crippen LogP contribution in [0.2, 0.25) is 0 Å². The number of hydrogen-bond donors (Lipinski definition) is 0. The quantitative estimate of drug-likeness (QED) is 0.589. The SMILES string of the molecule is CN(C)c1nc(N(C)c2ccc(C(=O)N3CCOCC3)cc2OC(F)(F)F)ncc1C(F)(F)F. The van der Waals surface area contributed by atoms with E-state index in [1.54, 1.807) is 0 Å². The Morgan fingerprint density at radius 2 is 1.74 bits per heavy atom. The van der Waals surface area contributed by atoms with E-state index in [2.05, 4.69) is 14.7 Å². The van der Waals surface area contributed by atoms with Crippen LogP contribution in [0.4, 0.5) is 43.8 Å². The summed E-state index contributed by atoms with van der Waals surface area (Å²) in [7, 11) is 3.95. The summed E-state index contributed by atoms with van der Waals surface area (Å²) >= 11 is 0. The van der Waals surface area contributed by atoms with Crippen LogP contribution in [0.25, 0.3) is 0 Å². The summed E-state index contributed by atoms with van der Waals surface area (Å²) in [6.07, 6.45) is -9.27. The van der Waals surface area contributed by atoms with E-state index in [0.717, 1.165) is 15.9 Å². The third kappa shape index (κ3) is 5.79. The van der Waals surface area contributed by atoms with E-state index < -0.39 is 35.6 Å². The molecule has 0 radical (unpaired) electrons. The van der Waals surface area contributed by atoms with Crippen LogP contribution < -0.4 is 14.5 Å². The molecule has 1 fully saturated rings. The Hall–Kier alpha value is -3.29. The first-order chi connectivity index (χ1) is 15.8. The molecule has 1 amide bonds. The number of benzene rings is 1. The lowest BCUT2D eigenvalue weighted by Gasteiger charge is -2.28. The molecule has 0 aliphatic carbocycles. The Balaban J connectivity index is 2.02. The first-order valence-electron chi connectivity index (χ1n) is 9.90. The number of hydrogen-bond acceptors (Lipinski definition) is 7. The monoisotopic (exact) mass is 493 g/mol. The van der Waals surface area contributed by atoms with Gasteiger partial charge in [-0.1, -0.05) is 0 Å². The lowest BCUT2D eigenvalue weighted by atomic mass is 10.1. The average Bonchev–Trinajstić information content (AvgIpc) is 2.76. The Labute approximate surface area is 190 Å². The summed E-state index contributed by atoms with van der Waals surface area (Å²) in [5.74, 6) is -2.02. The molecule has 1 aliphatic rings. The molecule has 1 saturated heterocycles. The van der Waals surface area contributed by atoms with E-state index in [-0.39, 0.29) is 30.3 Å². The van der Waals surface area contributed by atoms with E-state index in [4.69, 9.17) is 4.74 Å². The standard InChI is InChI=1S/C20H21F6N5O3/c1-29(2)16-13(19(21,22)23)11-27-18(28-16)30(3)14-5-4-12(10-15(14)34-20(24,25)26)17(32)31-6-8-33-9-7-31/h4-5,10-11H,6-9H2,1-3H3. The topological polar surface area (TPSA) is 71.0 Å². The fourth-order valence-electron chi connectivity index (χ4n) is 3.25. The fraction of sp³-hybridized carbons (Fsp3) is 0.450. The highest BCUT2D eigenvalue weighted by molar-refractivity contribution is 5.95. The van der Waals surface area contributed by atoms with Crippen LogP contribution in [0, 0.1) is 0 Å². The minimum absolute atomic E-state index is 0.0550. The molecule has 1 aromatic carbocycles. The largest absolute Gasteiger partial charge is 0.573 e. The van der Waals surface area contributed by atoms with Crippen LogP contribution in [-0.2, 0) is 10.9 Å². The molecule has 0 bridgehead atoms. The first kappa shape index (κ1) is 25.3. The molecular formula is C20H21F6N5O3. The normalized spacial score (nSPS) is 14.7. The maximum Gasteiger partial charge on any atom is 0.573 e. The molecule has 0 atom stereocenters. The van der Waals surface area contributed by atoms with Gasteiger partial charge in [-0.3, -0.25) is 4.79 Å². The second-order valence-electron chi connectivity index (χ2n) is 7.49. The van der Waals surface area contributed by atoms with E-state index in [0.29, 0.717) is 19.4 Å². The second kappa shape index (κ2) is 9.52. The smallest absolute Gasteiger partial charge is 0.404 e. The van der Waals surface area contributed by atoms with Gasteiger partial charge in [0.25, 0.3) is 5.91 Å². The van der Waals surface area contributed by atoms with E-state index >= 15 is 0 Å². The van der Waals surface area contributed by atoms with Gasteiger partial charge >= 0.3 is 12.5 Å². The predicted molar refractivity (Wildman–Crippen MR) is 109 cm³/mol. The third-order valence-corrected chi connectivity index (χ3v) is 4.88. The molecule has 3 rings (SSSR count). The number of aromatic nitrogens is 2. The summed E-state index contributed by atoms with van der Waals surface area (Å²) in [6.45, 7) is 1.17. The number of morpholine rings is 1. The van der Waals surface area contributed by atoms with Gasteiger partial charge in [0.15, 0.2) is 5.75 Å². The predicted octanol–water partition coefficient (Wildman–Crippen LogP) is 3.70. The average molecular weight is 493 g/mol. The molecule has 186 valence electrons. The molecule has 1 aliphatic heterocycles. The van der Waals surface area contributed by atoms with Crippen molar-refractivity contribution in [3.63, 3.8) is 0 Å². The van der Waals surface area contributed by atoms with E-state index in [1.807, 2.05) is 0 Å². The highest BCUT2D eigenvalue weighted by Crippen LogP contribution is 2.39. The maximum atomic E-state index is 13.3. The second-order valence-corrected chi connectivity index (χ2v) is 7.49. The van der Waals surface area contributed by atoms with Crippen molar-refractivity contribution in [2.75, 3.05) is 57.2 Å². The van der Waals surface area contributed by atoms with Gasteiger partial charge in [-0.2, -0.15) is 18.2 Å². The van der Waals surface area contributed by atoms with Crippen molar-refractivity contribution in [1.82, 2.24) is 14.9 Å². The highest BCUT2D eigenvalue weighted by atomic mass is 19.4. The Bertz CT molecular complexity index is 1040. The van der Waals surface area contributed by atoms with Crippen molar-refractivity contribution in [3.8, 4) is 5.75 Å². The number of carbonyl (C=O) groups excluding carboxylic acids is 1. The number of amides is 1. The molecule has 0 N–H and O–H groups in total. The Kier molecular flexibility index (Phi) is 7.10. The van der Waals surface area contributed by atoms with Gasteiger partial charge in [0, 0.05) is 46.0 Å². The Morgan fingerprint density at radius 1 is 1.09 bits per heavy atom. The number of halogens is 6. The van der Waals surface area contributed by atoms with Crippen LogP contribution >= 0.6 is 0 Å². The molecule has 0 unspecified atom stereocenters. The molecule has 2 heterocycles. The minimum Gasteiger partial charge on any atom is -0.404 e. The number of rotatable bonds is 5. The van der Waals surface area contributed by atoms with Gasteiger partial charge in [-0.15, -0.1) is 13.2 Å². The number of carbonyl (C=O) groups is 1. The van der Waals surface area contributed by atoms with Crippen LogP contribution in [-0.4, -0.2) is 74.6 Å². The van der Waals surface area contributed by atoms with Crippen LogP contribution in [0.5, 0.6) is 5.75 Å². The fourth-order valence-corrected chi connectivity index (χ4v) is 3.25. The number of nitrogens with zero attached hydrogens (tertiary/aromatic N) is 5. The van der Waals surface area contributed by atoms with Crippen molar-refractivity contribution in [2.45, 2.75) is 12.5 Å². The molecule has 0 spiro atoms. The lowest BCUT2D eigenvalue weighted by molar-refractivity contribution is -0.274. The van der Waals surface area contributed by atoms with Gasteiger partial charge in [0.1, 0.15) is 11.4 Å². The number of anilines is 3. The van der Waals surface area contributed by atoms with Crippen LogP contribution in [0.3, 0.4) is 0 Å². The number of ether oxygens (including phenoxy) is 2. The van der Waals surface area contributed by atoms with Crippen molar-refractivity contribution < 1.29 is 40.6 Å². The number of alkyl halides is 6. The van der Waals surface area contributed by atoms with Gasteiger partial charge in [0.2, 0.25) is 5.95 Å². The Morgan fingerprint density at radius 3 is 2.29 bits per heavy atom. The third-order valence-electron chi connectivity index (χ3n) is 4.88. The lowest BCUT2D eigenvalue weighted by Crippen LogP contribution is -2.40. The zero-order chi connectivity index (χ0) is 25.3. The van der Waals surface area contributed by atoms with Gasteiger partial charge < -0.3 is 24.2 Å². The van der Waals surface area contributed by atoms with Crippen molar-refractivity contribution in [1.29, 1.82) is 0 Å². The molecule has 14 heteroatoms. The van der Waals surface area contributed by atoms with Crippen molar-refractivity contribution in [3.05, 3.63) is 35.5 Å². The summed E-state index contributed by atoms with van der Waals surface area (Å²) in [6, 6.07) is 3.41. The summed E-state index contributed by atoms with van der Waals surface area (Å²) in [5, 5.41) is 0. The summed E-state index contributed by atoms with van der Waals surface area (Å²) in [5.41, 5.74) is -1.37. The van der Waals surface area contributed by atoms with Crippen LogP contribution in [0.15, 0.2) is 24.4 Å². The summed E-state index contributed by atoms with van der Waals surface area (Å²) in [4.78, 5) is 23.8. The van der Waals surface area contributed by atoms with Crippen molar-refractivity contribution in [2.24, 2.45) is 0 Å². The molecular weight excluding hydrogens is 472 g/mol. The van der Waals surface area contributed by atoms with E-state index in [9.17, 15) is 31.1 Å². The maximum absolute atomic E-state index is 13.3.